The zero-order valence-electron chi connectivity index (χ0n) is 17.5. The molecule has 0 saturated carbocycles. The van der Waals surface area contributed by atoms with Crippen LogP contribution in [0.3, 0.4) is 0 Å². The van der Waals surface area contributed by atoms with E-state index in [-0.39, 0.29) is 25.5 Å². The topological polar surface area (TPSA) is 153 Å². The first kappa shape index (κ1) is 29.1. The second-order valence-electron chi connectivity index (χ2n) is 6.64. The average Bonchev–Trinajstić information content (AvgIpc) is 2.62. The Bertz CT molecular complexity index is 488. The van der Waals surface area contributed by atoms with E-state index in [4.69, 9.17) is 23.8 Å². The summed E-state index contributed by atoms with van der Waals surface area (Å²) in [6.07, 6.45) is -0.336. The third-order valence-corrected chi connectivity index (χ3v) is 6.14. The monoisotopic (exact) mass is 465 g/mol. The molecule has 3 unspecified atom stereocenters. The summed E-state index contributed by atoms with van der Waals surface area (Å²) in [6, 6.07) is 0. The summed E-state index contributed by atoms with van der Waals surface area (Å²) in [7, 11) is -6.84. The van der Waals surface area contributed by atoms with Crippen molar-refractivity contribution in [2.24, 2.45) is 0 Å². The van der Waals surface area contributed by atoms with Gasteiger partial charge < -0.3 is 38.4 Å². The zero-order chi connectivity index (χ0) is 22.2. The van der Waals surface area contributed by atoms with E-state index in [2.05, 4.69) is 9.61 Å². The summed E-state index contributed by atoms with van der Waals surface area (Å²) >= 11 is 0. The Morgan fingerprint density at radius 1 is 0.828 bits per heavy atom. The minimum absolute atomic E-state index is 0.0138. The van der Waals surface area contributed by atoms with Crippen LogP contribution in [-0.2, 0) is 32.6 Å². The number of nitrogens with one attached hydrogen (secondary N) is 1. The fraction of sp³-hybridized carbons (Fsp3) is 1.00. The summed E-state index contributed by atoms with van der Waals surface area (Å²) in [5.74, 6) is 0. The molecule has 0 rings (SSSR count). The summed E-state index contributed by atoms with van der Waals surface area (Å²) < 4.78 is 48.3. The second-order valence-corrected chi connectivity index (χ2v) is 11.1. The highest BCUT2D eigenvalue weighted by atomic mass is 31.2. The molecule has 0 aromatic rings. The lowest BCUT2D eigenvalue weighted by Crippen LogP contribution is -2.22. The van der Waals surface area contributed by atoms with Crippen LogP contribution in [-0.4, -0.2) is 99.3 Å². The lowest BCUT2D eigenvalue weighted by molar-refractivity contribution is -0.0249. The van der Waals surface area contributed by atoms with E-state index >= 15 is 0 Å². The molecular weight excluding hydrogens is 428 g/mol. The van der Waals surface area contributed by atoms with Gasteiger partial charge in [0.05, 0.1) is 52.9 Å². The van der Waals surface area contributed by atoms with Gasteiger partial charge in [0.15, 0.2) is 0 Å². The Labute approximate surface area is 173 Å². The van der Waals surface area contributed by atoms with E-state index in [0.29, 0.717) is 52.6 Å². The normalized spacial score (nSPS) is 17.2. The molecule has 0 spiro atoms. The molecule has 13 heteroatoms. The van der Waals surface area contributed by atoms with Crippen LogP contribution in [0, 0.1) is 0 Å². The minimum atomic E-state index is -3.59. The molecule has 0 saturated heterocycles. The maximum atomic E-state index is 11.7. The van der Waals surface area contributed by atoms with Gasteiger partial charge >= 0.3 is 7.60 Å². The number of aliphatic hydroxyl groups excluding tert-OH is 1. The predicted octanol–water partition coefficient (Wildman–Crippen LogP) is 0.819. The Morgan fingerprint density at radius 2 is 1.31 bits per heavy atom. The molecule has 0 aromatic heterocycles. The number of rotatable bonds is 20. The highest BCUT2D eigenvalue weighted by Crippen LogP contribution is 2.40. The molecule has 0 aromatic carbocycles. The molecule has 0 radical (unpaired) electrons. The molecule has 176 valence electrons. The summed E-state index contributed by atoms with van der Waals surface area (Å²) in [5.41, 5.74) is -0.304. The van der Waals surface area contributed by atoms with Gasteiger partial charge in [-0.3, -0.25) is 9.13 Å². The van der Waals surface area contributed by atoms with Crippen molar-refractivity contribution >= 4 is 15.1 Å². The largest absolute Gasteiger partial charge is 0.388 e. The standard InChI is InChI=1S/C16H37NO10P2/c1-15(2)29(21,22)17-5-4-6-23-7-8-24-9-10-25-11-12-26-13-16(18)14-27-28(3,19)20/h15-16,18H,4-14H2,1-3H3,(H,19,20)(H2,17,21,22). The zero-order valence-corrected chi connectivity index (χ0v) is 19.3. The highest BCUT2D eigenvalue weighted by Gasteiger charge is 2.21. The number of hydrogen-bond donors (Lipinski definition) is 4. The van der Waals surface area contributed by atoms with Crippen molar-refractivity contribution in [1.82, 2.24) is 5.09 Å². The van der Waals surface area contributed by atoms with E-state index in [0.717, 1.165) is 6.66 Å². The Balaban J connectivity index is 3.28. The van der Waals surface area contributed by atoms with Crippen LogP contribution < -0.4 is 5.09 Å². The van der Waals surface area contributed by atoms with E-state index in [1.54, 1.807) is 13.8 Å². The number of ether oxygens (including phenoxy) is 4. The van der Waals surface area contributed by atoms with Gasteiger partial charge in [0, 0.05) is 25.5 Å². The van der Waals surface area contributed by atoms with Crippen molar-refractivity contribution in [1.29, 1.82) is 0 Å². The van der Waals surface area contributed by atoms with E-state index < -0.39 is 21.2 Å². The summed E-state index contributed by atoms with van der Waals surface area (Å²) in [4.78, 5) is 18.5. The van der Waals surface area contributed by atoms with Gasteiger partial charge in [-0.1, -0.05) is 13.8 Å². The second kappa shape index (κ2) is 16.8. The van der Waals surface area contributed by atoms with E-state index in [1.165, 1.54) is 0 Å². The van der Waals surface area contributed by atoms with Crippen LogP contribution in [0.25, 0.3) is 0 Å². The molecule has 0 fully saturated rings. The molecule has 3 atom stereocenters. The van der Waals surface area contributed by atoms with Crippen LogP contribution in [0.4, 0.5) is 0 Å². The summed E-state index contributed by atoms with van der Waals surface area (Å²) in [5, 5.41) is 12.1. The first-order chi connectivity index (χ1) is 13.5. The third-order valence-electron chi connectivity index (χ3n) is 3.44. The molecule has 0 amide bonds. The van der Waals surface area contributed by atoms with Gasteiger partial charge in [-0.05, 0) is 6.42 Å². The van der Waals surface area contributed by atoms with Crippen LogP contribution in [0.15, 0.2) is 0 Å². The first-order valence-corrected chi connectivity index (χ1v) is 13.3. The van der Waals surface area contributed by atoms with Crippen LogP contribution in [0.1, 0.15) is 20.3 Å². The molecule has 4 N–H and O–H groups in total. The minimum Gasteiger partial charge on any atom is -0.388 e. The van der Waals surface area contributed by atoms with Crippen molar-refractivity contribution < 1.29 is 47.5 Å². The molecule has 0 bridgehead atoms. The highest BCUT2D eigenvalue weighted by molar-refractivity contribution is 7.56. The molecule has 0 aliphatic carbocycles. The Morgan fingerprint density at radius 3 is 1.79 bits per heavy atom. The number of hydrogen-bond acceptors (Lipinski definition) is 8. The van der Waals surface area contributed by atoms with Gasteiger partial charge in [0.2, 0.25) is 0 Å². The van der Waals surface area contributed by atoms with Gasteiger partial charge in [-0.2, -0.15) is 0 Å². The molecule has 0 heterocycles. The maximum absolute atomic E-state index is 11.7. The lowest BCUT2D eigenvalue weighted by atomic mass is 10.4. The quantitative estimate of drug-likeness (QED) is 0.149. The first-order valence-electron chi connectivity index (χ1n) is 9.56. The Hall–Kier alpha value is 0.1000. The molecule has 11 nitrogen and oxygen atoms in total. The van der Waals surface area contributed by atoms with Crippen LogP contribution in [0.2, 0.25) is 0 Å². The van der Waals surface area contributed by atoms with Gasteiger partial charge in [-0.25, -0.2) is 5.09 Å². The summed E-state index contributed by atoms with van der Waals surface area (Å²) in [6.45, 7) is 7.33. The van der Waals surface area contributed by atoms with Gasteiger partial charge in [0.25, 0.3) is 7.52 Å². The smallest absolute Gasteiger partial charge is 0.325 e. The molecule has 29 heavy (non-hydrogen) atoms. The average molecular weight is 465 g/mol. The van der Waals surface area contributed by atoms with E-state index in [9.17, 15) is 19.1 Å². The molecular formula is C16H37NO10P2. The fourth-order valence-corrected chi connectivity index (χ4v) is 3.04. The lowest BCUT2D eigenvalue weighted by Gasteiger charge is -2.16. The van der Waals surface area contributed by atoms with Crippen molar-refractivity contribution in [2.45, 2.75) is 32.0 Å². The van der Waals surface area contributed by atoms with Gasteiger partial charge in [-0.15, -0.1) is 0 Å². The maximum Gasteiger partial charge on any atom is 0.325 e. The van der Waals surface area contributed by atoms with Crippen molar-refractivity contribution in [3.63, 3.8) is 0 Å². The van der Waals surface area contributed by atoms with Crippen LogP contribution >= 0.6 is 15.1 Å². The molecule has 0 aliphatic rings. The van der Waals surface area contributed by atoms with Crippen molar-refractivity contribution in [3.8, 4) is 0 Å². The number of aliphatic hydroxyl groups is 1. The predicted molar refractivity (Wildman–Crippen MR) is 109 cm³/mol. The van der Waals surface area contributed by atoms with Crippen LogP contribution in [0.5, 0.6) is 0 Å². The Kier molecular flexibility index (Phi) is 16.8. The molecule has 0 aliphatic heterocycles. The SMILES string of the molecule is CC(C)P(=O)(O)NCCCOCCOCCOCCOCC(O)COP(C)(=O)O. The van der Waals surface area contributed by atoms with E-state index in [1.807, 2.05) is 0 Å². The fourth-order valence-electron chi connectivity index (χ4n) is 1.75. The van der Waals surface area contributed by atoms with Crippen molar-refractivity contribution in [3.05, 3.63) is 0 Å². The van der Waals surface area contributed by atoms with Crippen molar-refractivity contribution in [2.75, 3.05) is 72.7 Å². The van der Waals surface area contributed by atoms with Gasteiger partial charge in [0.1, 0.15) is 6.10 Å². The third kappa shape index (κ3) is 19.8.